The predicted octanol–water partition coefficient (Wildman–Crippen LogP) is 3.17. The van der Waals surface area contributed by atoms with E-state index < -0.39 is 6.16 Å². The average molecular weight is 330 g/mol. The van der Waals surface area contributed by atoms with Gasteiger partial charge in [-0.15, -0.1) is 0 Å². The van der Waals surface area contributed by atoms with Crippen molar-refractivity contribution in [2.45, 2.75) is 38.1 Å². The van der Waals surface area contributed by atoms with Crippen LogP contribution in [0.25, 0.3) is 0 Å². The highest BCUT2D eigenvalue weighted by molar-refractivity contribution is 6.31. The minimum atomic E-state index is -1.83. The van der Waals surface area contributed by atoms with Gasteiger partial charge in [-0.2, -0.15) is 0 Å². The Bertz CT molecular complexity index is 511. The van der Waals surface area contributed by atoms with Gasteiger partial charge in [0.15, 0.2) is 0 Å². The van der Waals surface area contributed by atoms with Gasteiger partial charge in [-0.25, -0.2) is 4.79 Å². The molecule has 0 aromatic heterocycles. The topological polar surface area (TPSA) is 95.9 Å². The highest BCUT2D eigenvalue weighted by Crippen LogP contribution is 2.23. The first-order valence-electron chi connectivity index (χ1n) is 6.96. The standard InChI is InChI=1S/C14H18ClNO2.CH2O3/c1-18-12-7-6-10(13(15)9-12)8-14(17)16-11-4-2-3-5-11;2-1(3)4/h6-7,9,11H,2-5,8H2,1H3,(H,16,17);(H2,2,3,4). The van der Waals surface area contributed by atoms with Crippen molar-refractivity contribution in [2.75, 3.05) is 7.11 Å². The van der Waals surface area contributed by atoms with E-state index in [0.29, 0.717) is 23.2 Å². The Morgan fingerprint density at radius 3 is 2.41 bits per heavy atom. The number of rotatable bonds is 4. The first-order valence-corrected chi connectivity index (χ1v) is 7.34. The summed E-state index contributed by atoms with van der Waals surface area (Å²) in [5.41, 5.74) is 0.841. The molecule has 122 valence electrons. The summed E-state index contributed by atoms with van der Waals surface area (Å²) in [6.45, 7) is 0. The molecule has 0 radical (unpaired) electrons. The molecule has 7 heteroatoms. The molecule has 1 aliphatic rings. The molecule has 22 heavy (non-hydrogen) atoms. The van der Waals surface area contributed by atoms with Crippen molar-refractivity contribution in [1.29, 1.82) is 0 Å². The lowest BCUT2D eigenvalue weighted by Gasteiger charge is -2.12. The maximum Gasteiger partial charge on any atom is 0.503 e. The molecule has 0 unspecified atom stereocenters. The largest absolute Gasteiger partial charge is 0.503 e. The molecule has 6 nitrogen and oxygen atoms in total. The fraction of sp³-hybridized carbons (Fsp3) is 0.467. The summed E-state index contributed by atoms with van der Waals surface area (Å²) >= 11 is 6.11. The Morgan fingerprint density at radius 1 is 1.32 bits per heavy atom. The number of carboxylic acid groups (broad SMARTS) is 2. The molecule has 1 aliphatic carbocycles. The maximum atomic E-state index is 11.9. The number of carbonyl (C=O) groups is 2. The number of ether oxygens (including phenoxy) is 1. The van der Waals surface area contributed by atoms with E-state index in [9.17, 15) is 4.79 Å². The molecule has 0 heterocycles. The summed E-state index contributed by atoms with van der Waals surface area (Å²) in [7, 11) is 1.60. The van der Waals surface area contributed by atoms with Crippen LogP contribution in [0.4, 0.5) is 4.79 Å². The smallest absolute Gasteiger partial charge is 0.497 e. The lowest BCUT2D eigenvalue weighted by molar-refractivity contribution is -0.121. The average Bonchev–Trinajstić information content (AvgIpc) is 2.93. The van der Waals surface area contributed by atoms with Crippen LogP contribution >= 0.6 is 11.6 Å². The van der Waals surface area contributed by atoms with Gasteiger partial charge >= 0.3 is 6.16 Å². The van der Waals surface area contributed by atoms with Gasteiger partial charge in [0.2, 0.25) is 5.91 Å². The second-order valence-corrected chi connectivity index (χ2v) is 5.37. The van der Waals surface area contributed by atoms with Crippen molar-refractivity contribution in [3.8, 4) is 5.75 Å². The Morgan fingerprint density at radius 2 is 1.91 bits per heavy atom. The maximum absolute atomic E-state index is 11.9. The van der Waals surface area contributed by atoms with E-state index >= 15 is 0 Å². The van der Waals surface area contributed by atoms with E-state index in [-0.39, 0.29) is 5.91 Å². The van der Waals surface area contributed by atoms with Gasteiger partial charge in [-0.3, -0.25) is 4.79 Å². The van der Waals surface area contributed by atoms with E-state index in [2.05, 4.69) is 5.32 Å². The quantitative estimate of drug-likeness (QED) is 0.788. The molecule has 1 fully saturated rings. The summed E-state index contributed by atoms with van der Waals surface area (Å²) in [5.74, 6) is 0.758. The summed E-state index contributed by atoms with van der Waals surface area (Å²) < 4.78 is 5.08. The Hall–Kier alpha value is -1.95. The van der Waals surface area contributed by atoms with E-state index in [1.165, 1.54) is 12.8 Å². The molecule has 0 spiro atoms. The van der Waals surface area contributed by atoms with Crippen LogP contribution in [-0.4, -0.2) is 35.4 Å². The second-order valence-electron chi connectivity index (χ2n) is 4.97. The van der Waals surface area contributed by atoms with Gasteiger partial charge in [0.25, 0.3) is 0 Å². The molecule has 2 rings (SSSR count). The van der Waals surface area contributed by atoms with Crippen LogP contribution in [0.15, 0.2) is 18.2 Å². The summed E-state index contributed by atoms with van der Waals surface area (Å²) in [6, 6.07) is 5.76. The molecule has 1 aromatic rings. The normalized spacial score (nSPS) is 13.9. The number of benzene rings is 1. The highest BCUT2D eigenvalue weighted by Gasteiger charge is 2.17. The zero-order valence-corrected chi connectivity index (χ0v) is 13.1. The number of hydrogen-bond acceptors (Lipinski definition) is 3. The molecule has 1 aromatic carbocycles. The minimum absolute atomic E-state index is 0.0500. The van der Waals surface area contributed by atoms with Crippen LogP contribution in [0.1, 0.15) is 31.2 Å². The van der Waals surface area contributed by atoms with Crippen LogP contribution in [0, 0.1) is 0 Å². The summed E-state index contributed by atoms with van der Waals surface area (Å²) in [5, 5.41) is 17.6. The van der Waals surface area contributed by atoms with Crippen molar-refractivity contribution in [2.24, 2.45) is 0 Å². The highest BCUT2D eigenvalue weighted by atomic mass is 35.5. The zero-order chi connectivity index (χ0) is 16.5. The van der Waals surface area contributed by atoms with Crippen molar-refractivity contribution in [3.63, 3.8) is 0 Å². The van der Waals surface area contributed by atoms with E-state index in [4.69, 9.17) is 31.3 Å². The van der Waals surface area contributed by atoms with Gasteiger partial charge < -0.3 is 20.3 Å². The van der Waals surface area contributed by atoms with Gasteiger partial charge in [0, 0.05) is 11.1 Å². The van der Waals surface area contributed by atoms with Crippen molar-refractivity contribution in [1.82, 2.24) is 5.32 Å². The number of hydrogen-bond donors (Lipinski definition) is 3. The third kappa shape index (κ3) is 6.67. The molecule has 3 N–H and O–H groups in total. The minimum Gasteiger partial charge on any atom is -0.497 e. The van der Waals surface area contributed by atoms with Gasteiger partial charge in [0.05, 0.1) is 13.5 Å². The van der Waals surface area contributed by atoms with E-state index in [0.717, 1.165) is 18.4 Å². The van der Waals surface area contributed by atoms with Crippen LogP contribution < -0.4 is 10.1 Å². The van der Waals surface area contributed by atoms with E-state index in [1.54, 1.807) is 13.2 Å². The molecular weight excluding hydrogens is 310 g/mol. The first kappa shape index (κ1) is 18.1. The summed E-state index contributed by atoms with van der Waals surface area (Å²) in [4.78, 5) is 20.4. The Labute approximate surface area is 134 Å². The van der Waals surface area contributed by atoms with Crippen LogP contribution in [0.3, 0.4) is 0 Å². The molecular formula is C15H20ClNO5. The number of methoxy groups -OCH3 is 1. The van der Waals surface area contributed by atoms with Crippen molar-refractivity contribution < 1.29 is 24.5 Å². The molecule has 1 saturated carbocycles. The Balaban J connectivity index is 0.000000541. The number of halogens is 1. The van der Waals surface area contributed by atoms with Crippen LogP contribution in [0.5, 0.6) is 5.75 Å². The number of amides is 1. The summed E-state index contributed by atoms with van der Waals surface area (Å²) in [6.07, 6.45) is 3.13. The SMILES string of the molecule is COc1ccc(CC(=O)NC2CCCC2)c(Cl)c1.O=C(O)O. The number of nitrogens with one attached hydrogen (secondary N) is 1. The van der Waals surface area contributed by atoms with Gasteiger partial charge in [-0.05, 0) is 30.5 Å². The Kier molecular flexibility index (Phi) is 7.52. The molecule has 0 saturated heterocycles. The fourth-order valence-corrected chi connectivity index (χ4v) is 2.56. The molecule has 0 atom stereocenters. The fourth-order valence-electron chi connectivity index (χ4n) is 2.32. The van der Waals surface area contributed by atoms with Crippen molar-refractivity contribution in [3.05, 3.63) is 28.8 Å². The monoisotopic (exact) mass is 329 g/mol. The van der Waals surface area contributed by atoms with Crippen molar-refractivity contribution >= 4 is 23.7 Å². The first-order chi connectivity index (χ1) is 10.4. The third-order valence-electron chi connectivity index (χ3n) is 3.33. The third-order valence-corrected chi connectivity index (χ3v) is 3.68. The predicted molar refractivity (Wildman–Crippen MR) is 82.8 cm³/mol. The second kappa shape index (κ2) is 9.15. The van der Waals surface area contributed by atoms with Gasteiger partial charge in [0.1, 0.15) is 5.75 Å². The molecule has 0 bridgehead atoms. The molecule has 1 amide bonds. The molecule has 0 aliphatic heterocycles. The van der Waals surface area contributed by atoms with Crippen LogP contribution in [-0.2, 0) is 11.2 Å². The van der Waals surface area contributed by atoms with E-state index in [1.807, 2.05) is 12.1 Å². The lowest BCUT2D eigenvalue weighted by atomic mass is 10.1. The number of carbonyl (C=O) groups excluding carboxylic acids is 1. The lowest BCUT2D eigenvalue weighted by Crippen LogP contribution is -2.33. The zero-order valence-electron chi connectivity index (χ0n) is 12.3. The van der Waals surface area contributed by atoms with Crippen LogP contribution in [0.2, 0.25) is 5.02 Å². The van der Waals surface area contributed by atoms with Gasteiger partial charge in [-0.1, -0.05) is 30.5 Å².